The largest absolute Gasteiger partial charge is 0.472 e. The van der Waals surface area contributed by atoms with E-state index in [1.54, 1.807) is 0 Å². The maximum atomic E-state index is 12.0. The van der Waals surface area contributed by atoms with Gasteiger partial charge in [0.05, 0.1) is 16.8 Å². The van der Waals surface area contributed by atoms with Crippen LogP contribution >= 0.6 is 11.6 Å². The van der Waals surface area contributed by atoms with Crippen LogP contribution in [-0.2, 0) is 0 Å². The Kier molecular flexibility index (Phi) is 4.01. The van der Waals surface area contributed by atoms with E-state index in [2.05, 4.69) is 10.1 Å². The summed E-state index contributed by atoms with van der Waals surface area (Å²) in [5.74, 6) is -0.551. The minimum absolute atomic E-state index is 0.0229. The number of benzene rings is 1. The predicted molar refractivity (Wildman–Crippen MR) is 64.7 cm³/mol. The van der Waals surface area contributed by atoms with Gasteiger partial charge in [-0.15, -0.1) is 0 Å². The number of alkyl halides is 2. The summed E-state index contributed by atoms with van der Waals surface area (Å²) in [5.41, 5.74) is 0.696. The van der Waals surface area contributed by atoms with E-state index in [9.17, 15) is 13.6 Å². The van der Waals surface area contributed by atoms with Gasteiger partial charge in [-0.25, -0.2) is 0 Å². The first kappa shape index (κ1) is 13.4. The molecule has 0 aliphatic carbocycles. The van der Waals surface area contributed by atoms with Gasteiger partial charge in [-0.3, -0.25) is 4.79 Å². The van der Waals surface area contributed by atoms with Crippen LogP contribution in [0.5, 0.6) is 5.75 Å². The zero-order valence-corrected chi connectivity index (χ0v) is 10.2. The van der Waals surface area contributed by atoms with Crippen LogP contribution in [0.1, 0.15) is 10.4 Å². The van der Waals surface area contributed by atoms with Crippen molar-refractivity contribution in [2.45, 2.75) is 6.61 Å². The van der Waals surface area contributed by atoms with E-state index in [1.807, 2.05) is 0 Å². The van der Waals surface area contributed by atoms with Crippen LogP contribution in [0.15, 0.2) is 41.2 Å². The van der Waals surface area contributed by atoms with Crippen molar-refractivity contribution in [2.75, 3.05) is 5.32 Å². The zero-order valence-electron chi connectivity index (χ0n) is 9.40. The highest BCUT2D eigenvalue weighted by molar-refractivity contribution is 6.32. The maximum Gasteiger partial charge on any atom is 0.387 e. The van der Waals surface area contributed by atoms with Crippen molar-refractivity contribution in [1.82, 2.24) is 0 Å². The van der Waals surface area contributed by atoms with Gasteiger partial charge >= 0.3 is 6.61 Å². The lowest BCUT2D eigenvalue weighted by Crippen LogP contribution is -2.11. The highest BCUT2D eigenvalue weighted by Gasteiger charge is 2.11. The van der Waals surface area contributed by atoms with Crippen LogP contribution in [0, 0.1) is 0 Å². The van der Waals surface area contributed by atoms with Gasteiger partial charge in [0.2, 0.25) is 0 Å². The van der Waals surface area contributed by atoms with Gasteiger partial charge in [-0.05, 0) is 24.3 Å². The molecule has 0 atom stereocenters. The standard InChI is InChI=1S/C12H8ClF2NO3/c13-9-5-8(1-2-10(9)19-12(14)15)16-11(17)7-3-4-18-6-7/h1-6,12H,(H,16,17). The van der Waals surface area contributed by atoms with Crippen LogP contribution in [0.3, 0.4) is 0 Å². The first-order chi connectivity index (χ1) is 9.06. The van der Waals surface area contributed by atoms with Gasteiger partial charge in [0.1, 0.15) is 12.0 Å². The minimum atomic E-state index is -2.95. The number of carbonyl (C=O) groups excluding carboxylic acids is 1. The topological polar surface area (TPSA) is 51.5 Å². The summed E-state index contributed by atoms with van der Waals surface area (Å²) in [6.45, 7) is -2.95. The van der Waals surface area contributed by atoms with E-state index in [1.165, 1.54) is 36.8 Å². The Morgan fingerprint density at radius 2 is 2.16 bits per heavy atom. The van der Waals surface area contributed by atoms with Crippen molar-refractivity contribution >= 4 is 23.2 Å². The lowest BCUT2D eigenvalue weighted by Gasteiger charge is -2.09. The molecule has 0 aliphatic rings. The Labute approximate surface area is 111 Å². The molecule has 4 nitrogen and oxygen atoms in total. The molecule has 1 N–H and O–H groups in total. The fourth-order valence-corrected chi connectivity index (χ4v) is 1.59. The SMILES string of the molecule is O=C(Nc1ccc(OC(F)F)c(Cl)c1)c1ccoc1. The van der Waals surface area contributed by atoms with E-state index >= 15 is 0 Å². The van der Waals surface area contributed by atoms with Crippen molar-refractivity contribution in [3.8, 4) is 5.75 Å². The second-order valence-corrected chi connectivity index (χ2v) is 3.90. The quantitative estimate of drug-likeness (QED) is 0.931. The molecule has 1 aromatic carbocycles. The summed E-state index contributed by atoms with van der Waals surface area (Å²) in [7, 11) is 0. The third-order valence-electron chi connectivity index (χ3n) is 2.19. The smallest absolute Gasteiger partial charge is 0.387 e. The fraction of sp³-hybridized carbons (Fsp3) is 0.0833. The lowest BCUT2D eigenvalue weighted by atomic mass is 10.2. The van der Waals surface area contributed by atoms with Crippen LogP contribution in [0.2, 0.25) is 5.02 Å². The normalized spacial score (nSPS) is 10.5. The molecule has 2 rings (SSSR count). The Morgan fingerprint density at radius 3 is 2.74 bits per heavy atom. The molecule has 2 aromatic rings. The van der Waals surface area contributed by atoms with Gasteiger partial charge in [0, 0.05) is 5.69 Å². The average molecular weight is 288 g/mol. The van der Waals surface area contributed by atoms with Gasteiger partial charge in [0.15, 0.2) is 0 Å². The fourth-order valence-electron chi connectivity index (χ4n) is 1.37. The molecule has 0 saturated heterocycles. The Hall–Kier alpha value is -2.08. The van der Waals surface area contributed by atoms with Crippen LogP contribution in [-0.4, -0.2) is 12.5 Å². The Bertz CT molecular complexity index is 572. The number of amides is 1. The van der Waals surface area contributed by atoms with Crippen molar-refractivity contribution in [3.05, 3.63) is 47.4 Å². The van der Waals surface area contributed by atoms with Crippen LogP contribution < -0.4 is 10.1 Å². The van der Waals surface area contributed by atoms with Gasteiger partial charge in [-0.2, -0.15) is 8.78 Å². The van der Waals surface area contributed by atoms with Crippen molar-refractivity contribution in [1.29, 1.82) is 0 Å². The molecule has 0 unspecified atom stereocenters. The molecule has 0 radical (unpaired) electrons. The number of carbonyl (C=O) groups is 1. The van der Waals surface area contributed by atoms with E-state index in [0.717, 1.165) is 0 Å². The predicted octanol–water partition coefficient (Wildman–Crippen LogP) is 3.79. The summed E-state index contributed by atoms with van der Waals surface area (Å²) in [6.07, 6.45) is 2.65. The molecule has 1 aromatic heterocycles. The molecule has 0 saturated carbocycles. The van der Waals surface area contributed by atoms with Crippen molar-refractivity contribution in [2.24, 2.45) is 0 Å². The third kappa shape index (κ3) is 3.45. The molecule has 0 bridgehead atoms. The molecule has 100 valence electrons. The molecule has 0 aliphatic heterocycles. The first-order valence-electron chi connectivity index (χ1n) is 5.14. The van der Waals surface area contributed by atoms with Crippen LogP contribution in [0.4, 0.5) is 14.5 Å². The van der Waals surface area contributed by atoms with Crippen molar-refractivity contribution < 1.29 is 22.7 Å². The van der Waals surface area contributed by atoms with Gasteiger partial charge < -0.3 is 14.5 Å². The Morgan fingerprint density at radius 1 is 1.37 bits per heavy atom. The van der Waals surface area contributed by atoms with E-state index in [0.29, 0.717) is 11.3 Å². The number of hydrogen-bond acceptors (Lipinski definition) is 3. The third-order valence-corrected chi connectivity index (χ3v) is 2.48. The number of rotatable bonds is 4. The molecule has 1 heterocycles. The molecular weight excluding hydrogens is 280 g/mol. The second kappa shape index (κ2) is 5.71. The number of ether oxygens (including phenoxy) is 1. The lowest BCUT2D eigenvalue weighted by molar-refractivity contribution is -0.0497. The molecule has 1 amide bonds. The maximum absolute atomic E-state index is 12.0. The minimum Gasteiger partial charge on any atom is -0.472 e. The van der Waals surface area contributed by atoms with Gasteiger partial charge in [-0.1, -0.05) is 11.6 Å². The summed E-state index contributed by atoms with van der Waals surface area (Å²) in [5, 5.41) is 2.52. The summed E-state index contributed by atoms with van der Waals surface area (Å²) >= 11 is 5.75. The number of nitrogens with one attached hydrogen (secondary N) is 1. The van der Waals surface area contributed by atoms with E-state index < -0.39 is 12.5 Å². The van der Waals surface area contributed by atoms with E-state index in [4.69, 9.17) is 16.0 Å². The van der Waals surface area contributed by atoms with E-state index in [-0.39, 0.29) is 10.8 Å². The first-order valence-corrected chi connectivity index (χ1v) is 5.52. The molecule has 7 heteroatoms. The zero-order chi connectivity index (χ0) is 13.8. The molecule has 19 heavy (non-hydrogen) atoms. The number of halogens is 3. The number of furan rings is 1. The van der Waals surface area contributed by atoms with Crippen molar-refractivity contribution in [3.63, 3.8) is 0 Å². The van der Waals surface area contributed by atoms with Crippen LogP contribution in [0.25, 0.3) is 0 Å². The highest BCUT2D eigenvalue weighted by atomic mass is 35.5. The molecule has 0 fully saturated rings. The summed E-state index contributed by atoms with van der Waals surface area (Å²) < 4.78 is 33.0. The Balaban J connectivity index is 2.10. The second-order valence-electron chi connectivity index (χ2n) is 3.49. The number of hydrogen-bond donors (Lipinski definition) is 1. The monoisotopic (exact) mass is 287 g/mol. The summed E-state index contributed by atoms with van der Waals surface area (Å²) in [4.78, 5) is 11.7. The number of anilines is 1. The average Bonchev–Trinajstić information content (AvgIpc) is 2.86. The molecular formula is C12H8ClF2NO3. The molecule has 0 spiro atoms. The summed E-state index contributed by atoms with van der Waals surface area (Å²) in [6, 6.07) is 5.46. The highest BCUT2D eigenvalue weighted by Crippen LogP contribution is 2.29. The van der Waals surface area contributed by atoms with Gasteiger partial charge in [0.25, 0.3) is 5.91 Å².